The number of hydrogen-bond donors (Lipinski definition) is 6. The number of amides is 4. The summed E-state index contributed by atoms with van der Waals surface area (Å²) >= 11 is 0. The monoisotopic (exact) mass is 819 g/mol. The number of carbonyl (C=O) groups excluding carboxylic acids is 4. The molecule has 3 aromatic rings. The first-order chi connectivity index (χ1) is 28.5. The van der Waals surface area contributed by atoms with Crippen LogP contribution in [0.2, 0.25) is 0 Å². The van der Waals surface area contributed by atoms with E-state index in [1.165, 1.54) is 0 Å². The highest BCUT2D eigenvalue weighted by molar-refractivity contribution is 5.90. The maximum Gasteiger partial charge on any atom is 0.408 e. The van der Waals surface area contributed by atoms with Crippen LogP contribution in [0.15, 0.2) is 84.9 Å². The third kappa shape index (κ3) is 16.6. The van der Waals surface area contributed by atoms with Gasteiger partial charge in [-0.15, -0.1) is 0 Å². The molecule has 3 aromatic carbocycles. The van der Waals surface area contributed by atoms with Crippen molar-refractivity contribution in [2.45, 2.75) is 77.5 Å². The van der Waals surface area contributed by atoms with Crippen LogP contribution in [0, 0.1) is 11.8 Å². The fourth-order valence-corrected chi connectivity index (χ4v) is 6.25. The van der Waals surface area contributed by atoms with Crippen molar-refractivity contribution in [2.75, 3.05) is 52.8 Å². The second kappa shape index (κ2) is 25.4. The van der Waals surface area contributed by atoms with E-state index in [2.05, 4.69) is 26.6 Å². The zero-order valence-electron chi connectivity index (χ0n) is 34.5. The van der Waals surface area contributed by atoms with Gasteiger partial charge in [-0.1, -0.05) is 100 Å². The molecule has 0 aliphatic carbocycles. The third-order valence-electron chi connectivity index (χ3n) is 9.58. The lowest BCUT2D eigenvalue weighted by molar-refractivity contribution is -0.134. The summed E-state index contributed by atoms with van der Waals surface area (Å²) in [5.74, 6) is -1.70. The van der Waals surface area contributed by atoms with E-state index in [0.717, 1.165) is 16.7 Å². The molecule has 59 heavy (non-hydrogen) atoms. The maximum atomic E-state index is 14.3. The molecule has 0 saturated carbocycles. The van der Waals surface area contributed by atoms with Crippen LogP contribution < -0.4 is 31.3 Å². The van der Waals surface area contributed by atoms with Gasteiger partial charge in [0, 0.05) is 13.1 Å². The van der Waals surface area contributed by atoms with Crippen molar-refractivity contribution in [3.63, 3.8) is 0 Å². The number of alkyl carbamates (subject to hydrolysis) is 1. The molecule has 0 radical (unpaired) electrons. The Hall–Kier alpha value is -5.06. The van der Waals surface area contributed by atoms with Gasteiger partial charge in [-0.05, 0) is 47.1 Å². The van der Waals surface area contributed by atoms with Gasteiger partial charge in [0.15, 0.2) is 0 Å². The zero-order chi connectivity index (χ0) is 42.4. The van der Waals surface area contributed by atoms with Crippen molar-refractivity contribution in [1.29, 1.82) is 0 Å². The molecule has 0 spiro atoms. The topological polar surface area (TPSA) is 195 Å². The van der Waals surface area contributed by atoms with Gasteiger partial charge < -0.3 is 50.1 Å². The number of carbonyl (C=O) groups is 4. The summed E-state index contributed by atoms with van der Waals surface area (Å²) in [7, 11) is 0. The third-order valence-corrected chi connectivity index (χ3v) is 9.58. The van der Waals surface area contributed by atoms with Gasteiger partial charge in [0.1, 0.15) is 37.1 Å². The fourth-order valence-electron chi connectivity index (χ4n) is 6.25. The molecule has 0 fully saturated rings. The molecular formula is C44H61N5O10. The molecule has 2 bridgehead atoms. The molecule has 2 aliphatic rings. The molecule has 0 aromatic heterocycles. The average Bonchev–Trinajstić information content (AvgIpc) is 3.23. The summed E-state index contributed by atoms with van der Waals surface area (Å²) in [5, 5.41) is 26.7. The smallest absolute Gasteiger partial charge is 0.408 e. The Morgan fingerprint density at radius 3 is 1.95 bits per heavy atom. The minimum Gasteiger partial charge on any atom is -0.491 e. The number of benzene rings is 3. The number of aliphatic hydroxyl groups excluding tert-OH is 1. The normalized spacial score (nSPS) is 19.6. The van der Waals surface area contributed by atoms with Crippen LogP contribution in [0.4, 0.5) is 4.79 Å². The molecule has 0 saturated heterocycles. The Morgan fingerprint density at radius 1 is 0.746 bits per heavy atom. The van der Waals surface area contributed by atoms with Crippen LogP contribution >= 0.6 is 0 Å². The molecule has 2 aliphatic heterocycles. The van der Waals surface area contributed by atoms with Gasteiger partial charge in [-0.25, -0.2) is 4.79 Å². The maximum absolute atomic E-state index is 14.3. The lowest BCUT2D eigenvalue weighted by Crippen LogP contribution is -2.63. The summed E-state index contributed by atoms with van der Waals surface area (Å²) in [5.41, 5.74) is 2.35. The summed E-state index contributed by atoms with van der Waals surface area (Å²) in [6, 6.07) is 21.3. The highest BCUT2D eigenvalue weighted by Gasteiger charge is 2.38. The molecule has 2 heterocycles. The second-order valence-corrected chi connectivity index (χ2v) is 14.9. The summed E-state index contributed by atoms with van der Waals surface area (Å²) in [6.45, 7) is 10.0. The lowest BCUT2D eigenvalue weighted by atomic mass is 9.93. The number of nitrogens with one attached hydrogen (secondary N) is 5. The Balaban J connectivity index is 1.58. The molecule has 5 atom stereocenters. The van der Waals surface area contributed by atoms with Crippen molar-refractivity contribution < 1.29 is 48.0 Å². The van der Waals surface area contributed by atoms with Gasteiger partial charge in [-0.3, -0.25) is 19.7 Å². The zero-order valence-corrected chi connectivity index (χ0v) is 34.5. The Labute approximate surface area is 347 Å². The highest BCUT2D eigenvalue weighted by Crippen LogP contribution is 2.16. The van der Waals surface area contributed by atoms with E-state index in [4.69, 9.17) is 23.7 Å². The van der Waals surface area contributed by atoms with E-state index in [-0.39, 0.29) is 44.6 Å². The summed E-state index contributed by atoms with van der Waals surface area (Å²) < 4.78 is 27.9. The highest BCUT2D eigenvalue weighted by atomic mass is 16.6. The first kappa shape index (κ1) is 46.6. The minimum atomic E-state index is -1.52. The van der Waals surface area contributed by atoms with Gasteiger partial charge in [0.25, 0.3) is 0 Å². The minimum absolute atomic E-state index is 0.0141. The number of hydrogen-bond acceptors (Lipinski definition) is 11. The molecule has 15 heteroatoms. The van der Waals surface area contributed by atoms with E-state index in [1.54, 1.807) is 26.0 Å². The van der Waals surface area contributed by atoms with Gasteiger partial charge >= 0.3 is 6.09 Å². The predicted molar refractivity (Wildman–Crippen MR) is 221 cm³/mol. The fraction of sp³-hybridized carbons (Fsp3) is 0.500. The molecule has 2 unspecified atom stereocenters. The van der Waals surface area contributed by atoms with Crippen LogP contribution in [0.3, 0.4) is 0 Å². The van der Waals surface area contributed by atoms with Crippen LogP contribution in [0.5, 0.6) is 5.75 Å². The van der Waals surface area contributed by atoms with Crippen molar-refractivity contribution in [3.05, 3.63) is 102 Å². The Bertz CT molecular complexity index is 1700. The Morgan fingerprint density at radius 2 is 1.34 bits per heavy atom. The van der Waals surface area contributed by atoms with Gasteiger partial charge in [-0.2, -0.15) is 0 Å². The first-order valence-electron chi connectivity index (χ1n) is 20.3. The summed E-state index contributed by atoms with van der Waals surface area (Å²) in [6.07, 6.45) is -2.17. The van der Waals surface area contributed by atoms with E-state index in [9.17, 15) is 24.3 Å². The largest absolute Gasteiger partial charge is 0.491 e. The van der Waals surface area contributed by atoms with Crippen LogP contribution in [0.25, 0.3) is 0 Å². The molecule has 15 nitrogen and oxygen atoms in total. The van der Waals surface area contributed by atoms with Crippen molar-refractivity contribution in [2.24, 2.45) is 11.8 Å². The number of ether oxygens (including phenoxy) is 5. The molecular weight excluding hydrogens is 759 g/mol. The standard InChI is InChI=1S/C44H61N5O10/c1-30(2)37-41(51)45-19-20-55-21-22-56-23-24-57-25-26-58-35-17-15-33(16-18-35)28-46-39(43(53)48-37)40(50)36(27-32-11-7-5-8-12-32)47-42(52)38(31(3)4)49-44(54)59-29-34-13-9-6-10-14-34/h5-18,30-31,36-40,46,50H,19-29H2,1-4H3,(H,45,51)(H,47,52)(H,48,53)(H,49,54)/t36-,37?,38-,39+,40?/m0/s1. The first-order valence-corrected chi connectivity index (χ1v) is 20.3. The number of rotatable bonds is 11. The lowest BCUT2D eigenvalue weighted by Gasteiger charge is -2.33. The van der Waals surface area contributed by atoms with Crippen molar-refractivity contribution in [3.8, 4) is 5.75 Å². The molecule has 6 N–H and O–H groups in total. The average molecular weight is 820 g/mol. The van der Waals surface area contributed by atoms with Crippen molar-refractivity contribution >= 4 is 23.8 Å². The summed E-state index contributed by atoms with van der Waals surface area (Å²) in [4.78, 5) is 54.7. The van der Waals surface area contributed by atoms with E-state index >= 15 is 0 Å². The van der Waals surface area contributed by atoms with Crippen molar-refractivity contribution in [1.82, 2.24) is 26.6 Å². The molecule has 5 rings (SSSR count). The van der Waals surface area contributed by atoms with Crippen LogP contribution in [-0.4, -0.2) is 112 Å². The quantitative estimate of drug-likeness (QED) is 0.156. The molecule has 4 amide bonds. The number of fused-ring (bicyclic) bond motifs is 21. The Kier molecular flexibility index (Phi) is 20.1. The van der Waals surface area contributed by atoms with Gasteiger partial charge in [0.05, 0.1) is 51.8 Å². The van der Waals surface area contributed by atoms with Crippen LogP contribution in [-0.2, 0) is 52.9 Å². The van der Waals surface area contributed by atoms with Crippen LogP contribution in [0.1, 0.15) is 44.4 Å². The van der Waals surface area contributed by atoms with E-state index in [1.807, 2.05) is 86.6 Å². The number of aliphatic hydroxyl groups is 1. The SMILES string of the molecule is CC(C)C1NC(=O)[C@@H](C(O)[C@H](Cc2ccccc2)NC(=O)[C@@H](NC(=O)OCc2ccccc2)C(C)C)NCc2ccc(cc2)OCCOCCOCCOCCNC1=O. The molecule has 322 valence electrons. The van der Waals surface area contributed by atoms with E-state index < -0.39 is 54.1 Å². The predicted octanol–water partition coefficient (Wildman–Crippen LogP) is 2.88. The van der Waals surface area contributed by atoms with Gasteiger partial charge in [0.2, 0.25) is 17.7 Å². The van der Waals surface area contributed by atoms with E-state index in [0.29, 0.717) is 45.4 Å². The second-order valence-electron chi connectivity index (χ2n) is 14.9.